The third kappa shape index (κ3) is 2.12. The lowest BCUT2D eigenvalue weighted by atomic mass is 9.87. The normalized spacial score (nSPS) is 17.7. The Labute approximate surface area is 111 Å². The van der Waals surface area contributed by atoms with E-state index >= 15 is 0 Å². The Balaban J connectivity index is 2.54. The molecule has 2 N–H and O–H groups in total. The zero-order chi connectivity index (χ0) is 13.3. The number of halogens is 1. The highest BCUT2D eigenvalue weighted by atomic mass is 79.9. The lowest BCUT2D eigenvalue weighted by Crippen LogP contribution is -2.19. The fourth-order valence-electron chi connectivity index (χ4n) is 2.22. The van der Waals surface area contributed by atoms with Gasteiger partial charge in [-0.25, -0.2) is 0 Å². The van der Waals surface area contributed by atoms with Gasteiger partial charge in [0.1, 0.15) is 5.69 Å². The molecule has 7 nitrogen and oxygen atoms in total. The number of azide groups is 1. The molecule has 94 valence electrons. The maximum absolute atomic E-state index is 10.9. The van der Waals surface area contributed by atoms with Crippen LogP contribution in [0.4, 0.5) is 11.4 Å². The van der Waals surface area contributed by atoms with Crippen LogP contribution in [0.5, 0.6) is 0 Å². The van der Waals surface area contributed by atoms with Crippen LogP contribution in [0.2, 0.25) is 0 Å². The summed E-state index contributed by atoms with van der Waals surface area (Å²) in [4.78, 5) is 13.2. The molecular formula is C10H10BrN5O2. The Morgan fingerprint density at radius 1 is 1.61 bits per heavy atom. The molecule has 0 aliphatic heterocycles. The molecule has 2 rings (SSSR count). The Hall–Kier alpha value is -1.79. The van der Waals surface area contributed by atoms with Gasteiger partial charge in [-0.1, -0.05) is 21.0 Å². The highest BCUT2D eigenvalue weighted by molar-refractivity contribution is 9.10. The van der Waals surface area contributed by atoms with Crippen molar-refractivity contribution < 1.29 is 4.92 Å². The van der Waals surface area contributed by atoms with E-state index in [4.69, 9.17) is 11.3 Å². The Kier molecular flexibility index (Phi) is 3.40. The van der Waals surface area contributed by atoms with Crippen molar-refractivity contribution in [3.05, 3.63) is 42.2 Å². The molecule has 0 fully saturated rings. The van der Waals surface area contributed by atoms with Crippen molar-refractivity contribution >= 4 is 27.3 Å². The van der Waals surface area contributed by atoms with Gasteiger partial charge in [-0.2, -0.15) is 0 Å². The molecule has 0 amide bonds. The molecule has 0 spiro atoms. The summed E-state index contributed by atoms with van der Waals surface area (Å²) in [6, 6.07) is 1.25. The molecule has 18 heavy (non-hydrogen) atoms. The maximum Gasteiger partial charge on any atom is 0.293 e. The number of nitro benzene ring substituents is 1. The van der Waals surface area contributed by atoms with E-state index in [0.717, 1.165) is 17.5 Å². The van der Waals surface area contributed by atoms with E-state index in [0.29, 0.717) is 17.3 Å². The van der Waals surface area contributed by atoms with Crippen molar-refractivity contribution in [3.8, 4) is 0 Å². The number of nitro groups is 1. The second-order valence-electron chi connectivity index (χ2n) is 4.11. The average molecular weight is 312 g/mol. The van der Waals surface area contributed by atoms with Crippen molar-refractivity contribution in [2.75, 3.05) is 5.73 Å². The highest BCUT2D eigenvalue weighted by Crippen LogP contribution is 2.38. The van der Waals surface area contributed by atoms with Crippen LogP contribution in [0.1, 0.15) is 17.5 Å². The van der Waals surface area contributed by atoms with Gasteiger partial charge in [0.2, 0.25) is 0 Å². The Bertz CT molecular complexity index is 568. The molecular weight excluding hydrogens is 302 g/mol. The van der Waals surface area contributed by atoms with E-state index in [9.17, 15) is 10.1 Å². The number of nitrogens with two attached hydrogens (primary N) is 1. The minimum absolute atomic E-state index is 0.109. The van der Waals surface area contributed by atoms with Crippen LogP contribution >= 0.6 is 15.9 Å². The van der Waals surface area contributed by atoms with E-state index in [2.05, 4.69) is 26.0 Å². The van der Waals surface area contributed by atoms with Gasteiger partial charge >= 0.3 is 0 Å². The first-order valence-electron chi connectivity index (χ1n) is 5.33. The van der Waals surface area contributed by atoms with Crippen molar-refractivity contribution in [1.82, 2.24) is 0 Å². The fraction of sp³-hybridized carbons (Fsp3) is 0.400. The molecule has 1 unspecified atom stereocenters. The van der Waals surface area contributed by atoms with Gasteiger partial charge in [-0.3, -0.25) is 10.1 Å². The summed E-state index contributed by atoms with van der Waals surface area (Å²) in [5.41, 5.74) is 16.0. The highest BCUT2D eigenvalue weighted by Gasteiger charge is 2.27. The Morgan fingerprint density at radius 2 is 2.33 bits per heavy atom. The third-order valence-electron chi connectivity index (χ3n) is 3.10. The Morgan fingerprint density at radius 3 is 2.94 bits per heavy atom. The molecule has 1 aromatic carbocycles. The largest absolute Gasteiger partial charge is 0.393 e. The van der Waals surface area contributed by atoms with E-state index in [1.54, 1.807) is 0 Å². The van der Waals surface area contributed by atoms with Gasteiger partial charge in [-0.05, 0) is 35.9 Å². The van der Waals surface area contributed by atoms with Gasteiger partial charge in [0.15, 0.2) is 0 Å². The summed E-state index contributed by atoms with van der Waals surface area (Å²) in [6.45, 7) is 0. The summed E-state index contributed by atoms with van der Waals surface area (Å²) in [6.07, 6.45) is 1.88. The molecule has 0 saturated carbocycles. The molecule has 0 aromatic heterocycles. The van der Waals surface area contributed by atoms with Crippen LogP contribution in [-0.2, 0) is 12.8 Å². The topological polar surface area (TPSA) is 118 Å². The van der Waals surface area contributed by atoms with Crippen LogP contribution in [0.3, 0.4) is 0 Å². The van der Waals surface area contributed by atoms with Crippen LogP contribution in [0.15, 0.2) is 15.7 Å². The zero-order valence-electron chi connectivity index (χ0n) is 9.34. The number of hydrogen-bond donors (Lipinski definition) is 1. The summed E-state index contributed by atoms with van der Waals surface area (Å²) < 4.78 is 0.692. The predicted octanol–water partition coefficient (Wildman–Crippen LogP) is 3.11. The van der Waals surface area contributed by atoms with Crippen molar-refractivity contribution in [3.63, 3.8) is 0 Å². The second-order valence-corrected chi connectivity index (χ2v) is 4.96. The standard InChI is InChI=1S/C10H10BrN5O2/c11-8-4-9(16(17)18)10(12)7-3-5(14-15-13)1-2-6(7)8/h4-5H,1-3,12H2. The zero-order valence-corrected chi connectivity index (χ0v) is 10.9. The predicted molar refractivity (Wildman–Crippen MR) is 70.2 cm³/mol. The van der Waals surface area contributed by atoms with Gasteiger partial charge in [0, 0.05) is 21.5 Å². The van der Waals surface area contributed by atoms with Gasteiger partial charge < -0.3 is 5.73 Å². The number of rotatable bonds is 2. The van der Waals surface area contributed by atoms with E-state index in [-0.39, 0.29) is 17.4 Å². The van der Waals surface area contributed by atoms with Crippen LogP contribution in [0.25, 0.3) is 10.4 Å². The lowest BCUT2D eigenvalue weighted by molar-refractivity contribution is -0.384. The summed E-state index contributed by atoms with van der Waals surface area (Å²) in [5, 5.41) is 14.6. The van der Waals surface area contributed by atoms with Crippen LogP contribution in [0, 0.1) is 10.1 Å². The fourth-order valence-corrected chi connectivity index (χ4v) is 2.88. The summed E-state index contributed by atoms with van der Waals surface area (Å²) >= 11 is 3.33. The molecule has 0 bridgehead atoms. The lowest BCUT2D eigenvalue weighted by Gasteiger charge is -2.23. The third-order valence-corrected chi connectivity index (χ3v) is 3.80. The molecule has 1 aliphatic carbocycles. The molecule has 1 aliphatic rings. The van der Waals surface area contributed by atoms with E-state index < -0.39 is 4.92 Å². The minimum Gasteiger partial charge on any atom is -0.393 e. The smallest absolute Gasteiger partial charge is 0.293 e. The van der Waals surface area contributed by atoms with Gasteiger partial charge in [0.25, 0.3) is 5.69 Å². The van der Waals surface area contributed by atoms with Crippen LogP contribution < -0.4 is 5.73 Å². The summed E-state index contributed by atoms with van der Waals surface area (Å²) in [7, 11) is 0. The maximum atomic E-state index is 10.9. The SMILES string of the molecule is [N-]=[N+]=NC1CCc2c(Br)cc([N+](=O)[O-])c(N)c2C1. The molecule has 0 saturated heterocycles. The van der Waals surface area contributed by atoms with Crippen molar-refractivity contribution in [2.24, 2.45) is 5.11 Å². The summed E-state index contributed by atoms with van der Waals surface area (Å²) in [5.74, 6) is 0. The van der Waals surface area contributed by atoms with E-state index in [1.807, 2.05) is 0 Å². The molecule has 0 heterocycles. The molecule has 0 radical (unpaired) electrons. The number of anilines is 1. The first-order chi connectivity index (χ1) is 8.54. The average Bonchev–Trinajstić information content (AvgIpc) is 2.34. The second kappa shape index (κ2) is 4.83. The number of nitrogens with zero attached hydrogens (tertiary/aromatic N) is 4. The van der Waals surface area contributed by atoms with E-state index in [1.165, 1.54) is 6.07 Å². The molecule has 1 aromatic rings. The van der Waals surface area contributed by atoms with Crippen molar-refractivity contribution in [2.45, 2.75) is 25.3 Å². The number of fused-ring (bicyclic) bond motifs is 1. The van der Waals surface area contributed by atoms with Crippen molar-refractivity contribution in [1.29, 1.82) is 0 Å². The van der Waals surface area contributed by atoms with Gasteiger partial charge in [-0.15, -0.1) is 0 Å². The first kappa shape index (κ1) is 12.7. The monoisotopic (exact) mass is 311 g/mol. The quantitative estimate of drug-likeness (QED) is 0.226. The number of benzene rings is 1. The number of nitrogen functional groups attached to an aromatic ring is 1. The van der Waals surface area contributed by atoms with Gasteiger partial charge in [0.05, 0.1) is 4.92 Å². The number of hydrogen-bond acceptors (Lipinski definition) is 4. The first-order valence-corrected chi connectivity index (χ1v) is 6.12. The molecule has 8 heteroatoms. The van der Waals surface area contributed by atoms with Crippen LogP contribution in [-0.4, -0.2) is 11.0 Å². The minimum atomic E-state index is -0.502. The molecule has 1 atom stereocenters.